The Morgan fingerprint density at radius 2 is 1.38 bits per heavy atom. The summed E-state index contributed by atoms with van der Waals surface area (Å²) >= 11 is 0. The number of aliphatic hydroxyl groups excluding tert-OH is 1. The van der Waals surface area contributed by atoms with Gasteiger partial charge in [-0.05, 0) is 36.0 Å². The Morgan fingerprint density at radius 3 is 1.98 bits per heavy atom. The van der Waals surface area contributed by atoms with Crippen LogP contribution in [0, 0.1) is 0 Å². The lowest BCUT2D eigenvalue weighted by Gasteiger charge is -2.27. The van der Waals surface area contributed by atoms with E-state index in [0.29, 0.717) is 24.1 Å². The largest absolute Gasteiger partial charge is 0.481 e. The molecular weight excluding hydrogens is 726 g/mol. The minimum atomic E-state index is -1.69. The van der Waals surface area contributed by atoms with Crippen LogP contribution in [0.15, 0.2) is 59.6 Å². The highest BCUT2D eigenvalue weighted by molar-refractivity contribution is 5.95. The van der Waals surface area contributed by atoms with E-state index in [1.165, 1.54) is 0 Å². The van der Waals surface area contributed by atoms with Crippen molar-refractivity contribution in [2.75, 3.05) is 19.6 Å². The fourth-order valence-electron chi connectivity index (χ4n) is 5.74. The van der Waals surface area contributed by atoms with Crippen molar-refractivity contribution in [3.8, 4) is 0 Å². The molecule has 0 bridgehead atoms. The number of carbonyl (C=O) groups is 7. The smallest absolute Gasteiger partial charge is 0.305 e. The summed E-state index contributed by atoms with van der Waals surface area (Å²) in [6, 6.07) is 10.6. The maximum Gasteiger partial charge on any atom is 0.305 e. The van der Waals surface area contributed by atoms with Crippen molar-refractivity contribution < 1.29 is 43.8 Å². The Bertz CT molecular complexity index is 1660. The van der Waals surface area contributed by atoms with Crippen LogP contribution in [0.3, 0.4) is 0 Å². The highest BCUT2D eigenvalue weighted by Gasteiger charge is 2.33. The van der Waals surface area contributed by atoms with Gasteiger partial charge in [0.05, 0.1) is 25.3 Å². The van der Waals surface area contributed by atoms with E-state index in [1.54, 1.807) is 54.6 Å². The zero-order valence-corrected chi connectivity index (χ0v) is 31.4. The number of amides is 6. The molecule has 0 aromatic heterocycles. The van der Waals surface area contributed by atoms with E-state index in [-0.39, 0.29) is 57.0 Å². The van der Waals surface area contributed by atoms with Crippen molar-refractivity contribution in [2.24, 2.45) is 10.7 Å². The van der Waals surface area contributed by atoms with E-state index < -0.39 is 73.0 Å². The highest BCUT2D eigenvalue weighted by Crippen LogP contribution is 2.12. The summed E-state index contributed by atoms with van der Waals surface area (Å²) in [5, 5.41) is 38.9. The average molecular weight is 780 g/mol. The molecule has 304 valence electrons. The minimum Gasteiger partial charge on any atom is -0.481 e. The third-order valence-electron chi connectivity index (χ3n) is 8.76. The molecule has 1 saturated heterocycles. The summed E-state index contributed by atoms with van der Waals surface area (Å²) < 4.78 is 0. The molecule has 3 rings (SSSR count). The summed E-state index contributed by atoms with van der Waals surface area (Å²) in [5.74, 6) is -4.78. The van der Waals surface area contributed by atoms with Crippen LogP contribution < -0.4 is 43.0 Å². The Hall–Kier alpha value is -5.88. The second kappa shape index (κ2) is 23.8. The predicted molar refractivity (Wildman–Crippen MR) is 205 cm³/mol. The van der Waals surface area contributed by atoms with E-state index in [1.807, 2.05) is 6.92 Å². The molecule has 6 amide bonds. The monoisotopic (exact) mass is 779 g/mol. The molecule has 0 aliphatic carbocycles. The zero-order valence-electron chi connectivity index (χ0n) is 31.4. The Kier molecular flexibility index (Phi) is 18.9. The van der Waals surface area contributed by atoms with Crippen LogP contribution in [0.5, 0.6) is 0 Å². The standard InChI is InChI=1S/C38H53N9O9/c1-2-16-41-31(48)14-15-32(49)42-21-26-12-10-25(11-13-26)19-29-37(55)46-28(18-24-7-4-3-5-8-24)38(56)47-30(20-34(51)52)35(53)43-22-33(50)44-27(36(54)45-29)9-6-17-40-23-39/h3-5,7-8,10-13,23,27-30,35,43,53H,2,6,9,14-22H2,1H3,(H2,39,40)(H,41,48)(H,42,49)(H,44,50)(H,45,54)(H,46,55)(H,47,56)(H,51,52). The third-order valence-corrected chi connectivity index (χ3v) is 8.76. The van der Waals surface area contributed by atoms with E-state index in [2.05, 4.69) is 42.2 Å². The van der Waals surface area contributed by atoms with Gasteiger partial charge in [-0.3, -0.25) is 43.9 Å². The van der Waals surface area contributed by atoms with Crippen LogP contribution in [-0.4, -0.2) is 108 Å². The molecule has 0 radical (unpaired) electrons. The van der Waals surface area contributed by atoms with Gasteiger partial charge < -0.3 is 47.8 Å². The summed E-state index contributed by atoms with van der Waals surface area (Å²) in [4.78, 5) is 94.4. The molecule has 18 nitrogen and oxygen atoms in total. The highest BCUT2D eigenvalue weighted by atomic mass is 16.4. The summed E-state index contributed by atoms with van der Waals surface area (Å²) in [6.45, 7) is 2.39. The maximum atomic E-state index is 14.1. The van der Waals surface area contributed by atoms with Crippen LogP contribution in [0.4, 0.5) is 0 Å². The quantitative estimate of drug-likeness (QED) is 0.0501. The van der Waals surface area contributed by atoms with Crippen molar-refractivity contribution in [3.05, 3.63) is 71.3 Å². The van der Waals surface area contributed by atoms with Gasteiger partial charge in [0.15, 0.2) is 0 Å². The Labute approximate surface area is 325 Å². The number of hydrogen-bond acceptors (Lipinski definition) is 10. The molecule has 1 aliphatic heterocycles. The number of carboxylic acids is 1. The van der Waals surface area contributed by atoms with Crippen LogP contribution in [0.25, 0.3) is 0 Å². The number of aliphatic hydroxyl groups is 1. The van der Waals surface area contributed by atoms with E-state index >= 15 is 0 Å². The van der Waals surface area contributed by atoms with Gasteiger partial charge >= 0.3 is 5.97 Å². The summed E-state index contributed by atoms with van der Waals surface area (Å²) in [5.41, 5.74) is 7.36. The average Bonchev–Trinajstić information content (AvgIpc) is 3.18. The molecule has 11 N–H and O–H groups in total. The summed E-state index contributed by atoms with van der Waals surface area (Å²) in [7, 11) is 0. The fraction of sp³-hybridized carbons (Fsp3) is 0.474. The van der Waals surface area contributed by atoms with Crippen molar-refractivity contribution >= 4 is 47.8 Å². The van der Waals surface area contributed by atoms with Gasteiger partial charge in [-0.15, -0.1) is 0 Å². The molecule has 0 saturated carbocycles. The first-order valence-electron chi connectivity index (χ1n) is 18.6. The number of rotatable bonds is 17. The number of aliphatic carboxylic acids is 1. The number of nitrogens with two attached hydrogens (primary N) is 1. The second-order valence-corrected chi connectivity index (χ2v) is 13.3. The van der Waals surface area contributed by atoms with Gasteiger partial charge in [-0.2, -0.15) is 0 Å². The van der Waals surface area contributed by atoms with Crippen LogP contribution in [0.1, 0.15) is 62.1 Å². The number of aliphatic imine (C=N–C) groups is 1. The minimum absolute atomic E-state index is 0.0173. The van der Waals surface area contributed by atoms with Gasteiger partial charge in [0, 0.05) is 45.3 Å². The van der Waals surface area contributed by atoms with E-state index in [4.69, 9.17) is 5.73 Å². The molecule has 18 heteroatoms. The first-order chi connectivity index (χ1) is 26.9. The van der Waals surface area contributed by atoms with Crippen LogP contribution in [-0.2, 0) is 52.9 Å². The third kappa shape index (κ3) is 16.2. The van der Waals surface area contributed by atoms with Crippen molar-refractivity contribution in [2.45, 2.75) is 95.2 Å². The predicted octanol–water partition coefficient (Wildman–Crippen LogP) is -1.50. The molecule has 1 heterocycles. The SMILES string of the molecule is CCCNC(=O)CCC(=O)NCc1ccc(CC2NC(=O)C(CCCN=CN)NC(=O)CNC(O)C(CC(=O)O)NC(=O)C(Cc3ccccc3)NC2=O)cc1. The van der Waals surface area contributed by atoms with E-state index in [9.17, 15) is 43.8 Å². The van der Waals surface area contributed by atoms with Gasteiger partial charge in [0.2, 0.25) is 35.4 Å². The van der Waals surface area contributed by atoms with Gasteiger partial charge in [-0.25, -0.2) is 0 Å². The van der Waals surface area contributed by atoms with Crippen molar-refractivity contribution in [1.29, 1.82) is 0 Å². The van der Waals surface area contributed by atoms with Gasteiger partial charge in [0.1, 0.15) is 24.4 Å². The van der Waals surface area contributed by atoms with Gasteiger partial charge in [-0.1, -0.05) is 61.5 Å². The van der Waals surface area contributed by atoms with Gasteiger partial charge in [0.25, 0.3) is 0 Å². The molecule has 56 heavy (non-hydrogen) atoms. The number of hydrogen-bond donors (Lipinski definition) is 10. The number of carbonyl (C=O) groups excluding carboxylic acids is 6. The van der Waals surface area contributed by atoms with Crippen molar-refractivity contribution in [1.82, 2.24) is 37.2 Å². The second-order valence-electron chi connectivity index (χ2n) is 13.3. The Morgan fingerprint density at radius 1 is 0.804 bits per heavy atom. The van der Waals surface area contributed by atoms with Crippen LogP contribution >= 0.6 is 0 Å². The molecule has 2 aromatic rings. The normalized spacial score (nSPS) is 21.1. The molecule has 2 aromatic carbocycles. The zero-order chi connectivity index (χ0) is 40.9. The first-order valence-corrected chi connectivity index (χ1v) is 18.6. The summed E-state index contributed by atoms with van der Waals surface area (Å²) in [6.07, 6.45) is -0.00860. The number of nitrogens with zero attached hydrogens (tertiary/aromatic N) is 1. The Balaban J connectivity index is 1.89. The number of benzene rings is 2. The molecule has 1 fully saturated rings. The molecule has 5 unspecified atom stereocenters. The molecule has 1 aliphatic rings. The molecule has 5 atom stereocenters. The van der Waals surface area contributed by atoms with Crippen LogP contribution in [0.2, 0.25) is 0 Å². The van der Waals surface area contributed by atoms with E-state index in [0.717, 1.165) is 18.3 Å². The topological polar surface area (TPSA) is 283 Å². The molecule has 0 spiro atoms. The number of nitrogens with one attached hydrogen (secondary N) is 7. The first kappa shape index (κ1) is 44.5. The maximum absolute atomic E-state index is 14.1. The fourth-order valence-corrected chi connectivity index (χ4v) is 5.74. The lowest BCUT2D eigenvalue weighted by Crippen LogP contribution is -2.59. The lowest BCUT2D eigenvalue weighted by atomic mass is 10.0. The van der Waals surface area contributed by atoms with Crippen molar-refractivity contribution in [3.63, 3.8) is 0 Å². The number of carboxylic acid groups (broad SMARTS) is 1. The molecular formula is C38H53N9O9. The lowest BCUT2D eigenvalue weighted by molar-refractivity contribution is -0.139.